The first kappa shape index (κ1) is 17.5. The maximum absolute atomic E-state index is 12.5. The van der Waals surface area contributed by atoms with Crippen LogP contribution in [0.4, 0.5) is 0 Å². The zero-order valence-corrected chi connectivity index (χ0v) is 15.1. The minimum atomic E-state index is -0.892. The molecular formula is C21H21NO5. The molecule has 2 heterocycles. The van der Waals surface area contributed by atoms with Crippen molar-refractivity contribution < 1.29 is 23.8 Å². The van der Waals surface area contributed by atoms with E-state index in [-0.39, 0.29) is 11.9 Å². The summed E-state index contributed by atoms with van der Waals surface area (Å²) in [7, 11) is 0. The van der Waals surface area contributed by atoms with Crippen molar-refractivity contribution in [2.24, 2.45) is 0 Å². The molecule has 2 unspecified atom stereocenters. The summed E-state index contributed by atoms with van der Waals surface area (Å²) in [5.41, 5.74) is 3.43. The fourth-order valence-corrected chi connectivity index (χ4v) is 3.36. The highest BCUT2D eigenvalue weighted by atomic mass is 16.5. The molecule has 0 aliphatic carbocycles. The number of esters is 1. The van der Waals surface area contributed by atoms with Crippen molar-refractivity contribution in [1.29, 1.82) is 0 Å². The number of benzene rings is 2. The number of para-hydroxylation sites is 1. The molecule has 0 spiro atoms. The molecule has 6 nitrogen and oxygen atoms in total. The number of nitrogens with one attached hydrogen (secondary N) is 1. The predicted octanol–water partition coefficient (Wildman–Crippen LogP) is 2.90. The van der Waals surface area contributed by atoms with E-state index in [0.29, 0.717) is 31.8 Å². The first-order chi connectivity index (χ1) is 13.1. The van der Waals surface area contributed by atoms with Crippen LogP contribution in [0, 0.1) is 0 Å². The molecule has 0 radical (unpaired) electrons. The summed E-state index contributed by atoms with van der Waals surface area (Å²) in [6.45, 7) is 3.17. The molecule has 0 saturated carbocycles. The molecule has 4 rings (SSSR count). The van der Waals surface area contributed by atoms with Crippen molar-refractivity contribution in [3.63, 3.8) is 0 Å². The summed E-state index contributed by atoms with van der Waals surface area (Å²) < 4.78 is 16.3. The highest BCUT2D eigenvalue weighted by Gasteiger charge is 2.26. The van der Waals surface area contributed by atoms with Gasteiger partial charge in [0.05, 0.1) is 31.4 Å². The van der Waals surface area contributed by atoms with E-state index in [2.05, 4.69) is 5.32 Å². The Bertz CT molecular complexity index is 879. The molecule has 2 aromatic carbocycles. The monoisotopic (exact) mass is 367 g/mol. The van der Waals surface area contributed by atoms with Crippen LogP contribution in [0.2, 0.25) is 0 Å². The standard InChI is InChI=1S/C21H21NO5/c1-13(27-21(24)14-6-7-15-11-25-12-16(15)10-14)20(23)22-18-8-9-26-19-5-3-2-4-17(18)19/h2-7,10,13,18H,8-9,11-12H2,1H3,(H,22,23). The van der Waals surface area contributed by atoms with Crippen molar-refractivity contribution in [3.05, 3.63) is 64.7 Å². The van der Waals surface area contributed by atoms with Crippen molar-refractivity contribution >= 4 is 11.9 Å². The van der Waals surface area contributed by atoms with E-state index < -0.39 is 12.1 Å². The molecule has 0 aromatic heterocycles. The maximum atomic E-state index is 12.5. The third-order valence-corrected chi connectivity index (χ3v) is 4.89. The Balaban J connectivity index is 1.39. The van der Waals surface area contributed by atoms with Gasteiger partial charge >= 0.3 is 5.97 Å². The van der Waals surface area contributed by atoms with Crippen molar-refractivity contribution in [2.45, 2.75) is 38.7 Å². The van der Waals surface area contributed by atoms with Gasteiger partial charge in [0.15, 0.2) is 6.10 Å². The predicted molar refractivity (Wildman–Crippen MR) is 97.3 cm³/mol. The molecular weight excluding hydrogens is 346 g/mol. The fourth-order valence-electron chi connectivity index (χ4n) is 3.36. The van der Waals surface area contributed by atoms with E-state index in [0.717, 1.165) is 22.4 Å². The molecule has 2 aliphatic heterocycles. The van der Waals surface area contributed by atoms with Crippen LogP contribution < -0.4 is 10.1 Å². The van der Waals surface area contributed by atoms with E-state index >= 15 is 0 Å². The normalized spacial score (nSPS) is 18.6. The number of rotatable bonds is 4. The zero-order chi connectivity index (χ0) is 18.8. The van der Waals surface area contributed by atoms with Gasteiger partial charge < -0.3 is 19.5 Å². The zero-order valence-electron chi connectivity index (χ0n) is 15.1. The van der Waals surface area contributed by atoms with Crippen molar-refractivity contribution in [2.75, 3.05) is 6.61 Å². The quantitative estimate of drug-likeness (QED) is 0.841. The van der Waals surface area contributed by atoms with E-state index in [1.54, 1.807) is 19.1 Å². The van der Waals surface area contributed by atoms with Crippen LogP contribution in [0.3, 0.4) is 0 Å². The van der Waals surface area contributed by atoms with Crippen LogP contribution in [0.1, 0.15) is 46.4 Å². The van der Waals surface area contributed by atoms with Gasteiger partial charge in [-0.15, -0.1) is 0 Å². The van der Waals surface area contributed by atoms with Gasteiger partial charge in [-0.3, -0.25) is 4.79 Å². The average Bonchev–Trinajstić information content (AvgIpc) is 3.16. The molecule has 140 valence electrons. The maximum Gasteiger partial charge on any atom is 0.338 e. The molecule has 2 aliphatic rings. The third-order valence-electron chi connectivity index (χ3n) is 4.89. The average molecular weight is 367 g/mol. The number of hydrogen-bond acceptors (Lipinski definition) is 5. The second kappa shape index (κ2) is 7.40. The molecule has 27 heavy (non-hydrogen) atoms. The van der Waals surface area contributed by atoms with Gasteiger partial charge in [0, 0.05) is 12.0 Å². The summed E-state index contributed by atoms with van der Waals surface area (Å²) in [6.07, 6.45) is -0.217. The summed E-state index contributed by atoms with van der Waals surface area (Å²) in [5, 5.41) is 2.96. The first-order valence-electron chi connectivity index (χ1n) is 9.04. The lowest BCUT2D eigenvalue weighted by molar-refractivity contribution is -0.130. The Morgan fingerprint density at radius 3 is 2.85 bits per heavy atom. The number of carbonyl (C=O) groups is 2. The molecule has 2 atom stereocenters. The minimum Gasteiger partial charge on any atom is -0.493 e. The number of hydrogen-bond donors (Lipinski definition) is 1. The fraction of sp³-hybridized carbons (Fsp3) is 0.333. The van der Waals surface area contributed by atoms with Crippen LogP contribution >= 0.6 is 0 Å². The topological polar surface area (TPSA) is 73.9 Å². The van der Waals surface area contributed by atoms with Crippen LogP contribution in [0.25, 0.3) is 0 Å². The van der Waals surface area contributed by atoms with E-state index in [9.17, 15) is 9.59 Å². The summed E-state index contributed by atoms with van der Waals surface area (Å²) in [4.78, 5) is 24.9. The highest BCUT2D eigenvalue weighted by Crippen LogP contribution is 2.31. The number of fused-ring (bicyclic) bond motifs is 2. The highest BCUT2D eigenvalue weighted by molar-refractivity contribution is 5.92. The molecule has 1 amide bonds. The van der Waals surface area contributed by atoms with Gasteiger partial charge in [-0.1, -0.05) is 24.3 Å². The number of carbonyl (C=O) groups excluding carboxylic acids is 2. The lowest BCUT2D eigenvalue weighted by Gasteiger charge is -2.27. The van der Waals surface area contributed by atoms with Gasteiger partial charge in [-0.05, 0) is 36.2 Å². The number of ether oxygens (including phenoxy) is 3. The Hall–Kier alpha value is -2.86. The first-order valence-corrected chi connectivity index (χ1v) is 9.04. The lowest BCUT2D eigenvalue weighted by atomic mass is 10.0. The van der Waals surface area contributed by atoms with Gasteiger partial charge in [-0.2, -0.15) is 0 Å². The summed E-state index contributed by atoms with van der Waals surface area (Å²) in [5.74, 6) is -0.0617. The Morgan fingerprint density at radius 1 is 1.15 bits per heavy atom. The van der Waals surface area contributed by atoms with Crippen LogP contribution in [0.5, 0.6) is 5.75 Å². The molecule has 0 fully saturated rings. The van der Waals surface area contributed by atoms with E-state index in [1.807, 2.05) is 30.3 Å². The molecule has 6 heteroatoms. The van der Waals surface area contributed by atoms with Gasteiger partial charge in [0.1, 0.15) is 5.75 Å². The molecule has 1 N–H and O–H groups in total. The second-order valence-corrected chi connectivity index (χ2v) is 6.76. The SMILES string of the molecule is CC(OC(=O)c1ccc2c(c1)COC2)C(=O)NC1CCOc2ccccc21. The van der Waals surface area contributed by atoms with Crippen LogP contribution in [-0.2, 0) is 27.5 Å². The smallest absolute Gasteiger partial charge is 0.338 e. The Labute approximate surface area is 157 Å². The van der Waals surface area contributed by atoms with Gasteiger partial charge in [-0.25, -0.2) is 4.79 Å². The minimum absolute atomic E-state index is 0.152. The van der Waals surface area contributed by atoms with E-state index in [4.69, 9.17) is 14.2 Å². The third kappa shape index (κ3) is 3.66. The van der Waals surface area contributed by atoms with Crippen molar-refractivity contribution in [1.82, 2.24) is 5.32 Å². The van der Waals surface area contributed by atoms with Gasteiger partial charge in [0.25, 0.3) is 5.91 Å². The Morgan fingerprint density at radius 2 is 1.96 bits per heavy atom. The lowest BCUT2D eigenvalue weighted by Crippen LogP contribution is -2.39. The molecule has 2 aromatic rings. The van der Waals surface area contributed by atoms with E-state index in [1.165, 1.54) is 0 Å². The van der Waals surface area contributed by atoms with Crippen LogP contribution in [-0.4, -0.2) is 24.6 Å². The summed E-state index contributed by atoms with van der Waals surface area (Å²) >= 11 is 0. The molecule has 0 saturated heterocycles. The summed E-state index contributed by atoms with van der Waals surface area (Å²) in [6, 6.07) is 12.8. The largest absolute Gasteiger partial charge is 0.493 e. The Kier molecular flexibility index (Phi) is 4.81. The number of amides is 1. The molecule has 0 bridgehead atoms. The van der Waals surface area contributed by atoms with Gasteiger partial charge in [0.2, 0.25) is 0 Å². The second-order valence-electron chi connectivity index (χ2n) is 6.76. The van der Waals surface area contributed by atoms with Crippen molar-refractivity contribution in [3.8, 4) is 5.75 Å². The van der Waals surface area contributed by atoms with Crippen LogP contribution in [0.15, 0.2) is 42.5 Å².